The maximum absolute atomic E-state index is 13.2. The maximum Gasteiger partial charge on any atom is 0.229 e. The Balaban J connectivity index is 1.51. The van der Waals surface area contributed by atoms with E-state index < -0.39 is 0 Å². The summed E-state index contributed by atoms with van der Waals surface area (Å²) >= 11 is 7.76. The Morgan fingerprint density at radius 3 is 2.57 bits per heavy atom. The molecule has 2 aromatic carbocycles. The Kier molecular flexibility index (Phi) is 5.39. The zero-order chi connectivity index (χ0) is 19.8. The van der Waals surface area contributed by atoms with E-state index in [1.54, 1.807) is 16.7 Å². The third-order valence-electron chi connectivity index (χ3n) is 5.61. The van der Waals surface area contributed by atoms with Gasteiger partial charge in [0.2, 0.25) is 11.8 Å². The molecule has 2 amide bonds. The van der Waals surface area contributed by atoms with Crippen LogP contribution in [0.1, 0.15) is 28.5 Å². The summed E-state index contributed by atoms with van der Waals surface area (Å²) in [5.41, 5.74) is 4.31. The standard InChI is InChI=1S/C22H23ClN2O2S/c1-14-3-8-19(11-15(14)2)25-13-17(12-20(25)26)21(27)24-9-10-28-22(24)16-4-6-18(23)7-5-16/h3-8,11,17,22H,9-10,12-13H2,1-2H3. The number of thioether (sulfide) groups is 1. The summed E-state index contributed by atoms with van der Waals surface area (Å²) in [7, 11) is 0. The molecule has 28 heavy (non-hydrogen) atoms. The highest BCUT2D eigenvalue weighted by molar-refractivity contribution is 7.99. The number of carbonyl (C=O) groups is 2. The lowest BCUT2D eigenvalue weighted by atomic mass is 10.1. The second-order valence-electron chi connectivity index (χ2n) is 7.48. The average Bonchev–Trinajstić information content (AvgIpc) is 3.31. The van der Waals surface area contributed by atoms with Crippen molar-refractivity contribution in [1.29, 1.82) is 0 Å². The normalized spacial score (nSPS) is 22.2. The van der Waals surface area contributed by atoms with Gasteiger partial charge in [0.05, 0.1) is 5.92 Å². The van der Waals surface area contributed by atoms with Crippen LogP contribution in [0.3, 0.4) is 0 Å². The van der Waals surface area contributed by atoms with Gasteiger partial charge in [-0.25, -0.2) is 0 Å². The number of halogens is 1. The van der Waals surface area contributed by atoms with E-state index in [-0.39, 0.29) is 29.5 Å². The number of aryl methyl sites for hydroxylation is 2. The molecule has 4 nitrogen and oxygen atoms in total. The smallest absolute Gasteiger partial charge is 0.229 e. The van der Waals surface area contributed by atoms with Crippen LogP contribution in [0.5, 0.6) is 0 Å². The molecule has 2 unspecified atom stereocenters. The predicted molar refractivity (Wildman–Crippen MR) is 115 cm³/mol. The van der Waals surface area contributed by atoms with Crippen LogP contribution in [0.25, 0.3) is 0 Å². The first-order chi connectivity index (χ1) is 13.4. The number of anilines is 1. The molecule has 2 aromatic rings. The van der Waals surface area contributed by atoms with Crippen molar-refractivity contribution >= 4 is 40.9 Å². The molecule has 0 aromatic heterocycles. The van der Waals surface area contributed by atoms with Crippen molar-refractivity contribution in [2.45, 2.75) is 25.6 Å². The van der Waals surface area contributed by atoms with E-state index in [9.17, 15) is 9.59 Å². The van der Waals surface area contributed by atoms with Crippen molar-refractivity contribution in [3.63, 3.8) is 0 Å². The monoisotopic (exact) mass is 414 g/mol. The third-order valence-corrected chi connectivity index (χ3v) is 7.12. The van der Waals surface area contributed by atoms with Crippen molar-refractivity contribution in [2.24, 2.45) is 5.92 Å². The average molecular weight is 415 g/mol. The van der Waals surface area contributed by atoms with Gasteiger partial charge in [-0.1, -0.05) is 29.8 Å². The van der Waals surface area contributed by atoms with Crippen molar-refractivity contribution in [3.8, 4) is 0 Å². The molecule has 4 rings (SSSR count). The fraction of sp³-hybridized carbons (Fsp3) is 0.364. The lowest BCUT2D eigenvalue weighted by Crippen LogP contribution is -2.37. The zero-order valence-corrected chi connectivity index (χ0v) is 17.6. The molecule has 2 saturated heterocycles. The molecule has 2 aliphatic heterocycles. The van der Waals surface area contributed by atoms with Gasteiger partial charge < -0.3 is 9.80 Å². The molecule has 0 spiro atoms. The van der Waals surface area contributed by atoms with Crippen LogP contribution in [0.4, 0.5) is 5.69 Å². The first kappa shape index (κ1) is 19.3. The molecule has 2 aliphatic rings. The minimum absolute atomic E-state index is 0.00413. The summed E-state index contributed by atoms with van der Waals surface area (Å²) in [6.07, 6.45) is 0.278. The lowest BCUT2D eigenvalue weighted by Gasteiger charge is -2.27. The van der Waals surface area contributed by atoms with Crippen molar-refractivity contribution in [3.05, 3.63) is 64.2 Å². The van der Waals surface area contributed by atoms with Gasteiger partial charge >= 0.3 is 0 Å². The van der Waals surface area contributed by atoms with Crippen LogP contribution in [0.2, 0.25) is 5.02 Å². The summed E-state index contributed by atoms with van der Waals surface area (Å²) < 4.78 is 0. The first-order valence-corrected chi connectivity index (χ1v) is 10.9. The Hall–Kier alpha value is -1.98. The lowest BCUT2D eigenvalue weighted by molar-refractivity contribution is -0.136. The fourth-order valence-electron chi connectivity index (χ4n) is 3.85. The fourth-order valence-corrected chi connectivity index (χ4v) is 5.24. The molecule has 0 aliphatic carbocycles. The molecule has 0 bridgehead atoms. The minimum Gasteiger partial charge on any atom is -0.325 e. The molecular weight excluding hydrogens is 392 g/mol. The largest absolute Gasteiger partial charge is 0.325 e. The SMILES string of the molecule is Cc1ccc(N2CC(C(=O)N3CCSC3c3ccc(Cl)cc3)CC2=O)cc1C. The highest BCUT2D eigenvalue weighted by atomic mass is 35.5. The predicted octanol–water partition coefficient (Wildman–Crippen LogP) is 4.58. The summed E-state index contributed by atoms with van der Waals surface area (Å²) in [5, 5.41) is 0.686. The summed E-state index contributed by atoms with van der Waals surface area (Å²) in [5.74, 6) is 0.712. The number of nitrogens with zero attached hydrogens (tertiary/aromatic N) is 2. The van der Waals surface area contributed by atoms with Crippen LogP contribution in [-0.2, 0) is 9.59 Å². The number of carbonyl (C=O) groups excluding carboxylic acids is 2. The van der Waals surface area contributed by atoms with Crippen LogP contribution in [0.15, 0.2) is 42.5 Å². The number of hydrogen-bond acceptors (Lipinski definition) is 3. The first-order valence-electron chi connectivity index (χ1n) is 9.49. The molecule has 0 N–H and O–H groups in total. The van der Waals surface area contributed by atoms with Crippen molar-refractivity contribution in [1.82, 2.24) is 4.90 Å². The molecule has 2 heterocycles. The summed E-state index contributed by atoms with van der Waals surface area (Å²) in [6.45, 7) is 5.26. The number of hydrogen-bond donors (Lipinski definition) is 0. The van der Waals surface area contributed by atoms with E-state index in [0.717, 1.165) is 22.6 Å². The van der Waals surface area contributed by atoms with E-state index in [1.807, 2.05) is 54.3 Å². The number of amides is 2. The molecule has 0 radical (unpaired) electrons. The van der Waals surface area contributed by atoms with Gasteiger partial charge in [0.25, 0.3) is 0 Å². The third kappa shape index (κ3) is 3.65. The van der Waals surface area contributed by atoms with Crippen LogP contribution in [-0.4, -0.2) is 35.6 Å². The maximum atomic E-state index is 13.2. The van der Waals surface area contributed by atoms with Crippen molar-refractivity contribution < 1.29 is 9.59 Å². The van der Waals surface area contributed by atoms with Gasteiger partial charge in [-0.15, -0.1) is 11.8 Å². The molecule has 2 fully saturated rings. The Morgan fingerprint density at radius 2 is 1.86 bits per heavy atom. The topological polar surface area (TPSA) is 40.6 Å². The zero-order valence-electron chi connectivity index (χ0n) is 16.0. The Bertz CT molecular complexity index is 915. The van der Waals surface area contributed by atoms with Gasteiger partial charge in [0.15, 0.2) is 0 Å². The molecule has 0 saturated carbocycles. The number of rotatable bonds is 3. The van der Waals surface area contributed by atoms with Gasteiger partial charge in [-0.05, 0) is 54.8 Å². The molecular formula is C22H23ClN2O2S. The molecule has 146 valence electrons. The van der Waals surface area contributed by atoms with Gasteiger partial charge in [-0.2, -0.15) is 0 Å². The van der Waals surface area contributed by atoms with Gasteiger partial charge in [0.1, 0.15) is 5.37 Å². The highest BCUT2D eigenvalue weighted by Crippen LogP contribution is 2.40. The van der Waals surface area contributed by atoms with Crippen LogP contribution >= 0.6 is 23.4 Å². The van der Waals surface area contributed by atoms with Gasteiger partial charge in [0, 0.05) is 36.0 Å². The molecule has 6 heteroatoms. The van der Waals surface area contributed by atoms with E-state index in [2.05, 4.69) is 6.92 Å². The van der Waals surface area contributed by atoms with Crippen molar-refractivity contribution in [2.75, 3.05) is 23.7 Å². The van der Waals surface area contributed by atoms with Gasteiger partial charge in [-0.3, -0.25) is 9.59 Å². The Labute approximate surface area is 174 Å². The van der Waals surface area contributed by atoms with Crippen LogP contribution in [0, 0.1) is 19.8 Å². The second kappa shape index (κ2) is 7.80. The van der Waals surface area contributed by atoms with E-state index in [1.165, 1.54) is 5.56 Å². The van der Waals surface area contributed by atoms with E-state index >= 15 is 0 Å². The van der Waals surface area contributed by atoms with E-state index in [0.29, 0.717) is 18.1 Å². The summed E-state index contributed by atoms with van der Waals surface area (Å²) in [6, 6.07) is 13.7. The Morgan fingerprint density at radius 1 is 1.11 bits per heavy atom. The highest BCUT2D eigenvalue weighted by Gasteiger charge is 2.40. The quantitative estimate of drug-likeness (QED) is 0.737. The minimum atomic E-state index is -0.289. The van der Waals surface area contributed by atoms with E-state index in [4.69, 9.17) is 11.6 Å². The molecule has 2 atom stereocenters. The summed E-state index contributed by atoms with van der Waals surface area (Å²) in [4.78, 5) is 29.6. The second-order valence-corrected chi connectivity index (χ2v) is 9.10. The van der Waals surface area contributed by atoms with Crippen LogP contribution < -0.4 is 4.90 Å². The number of benzene rings is 2.